The van der Waals surface area contributed by atoms with Crippen LogP contribution >= 0.6 is 0 Å². The number of hydrogen-bond donors (Lipinski definition) is 1. The Labute approximate surface area is 192 Å². The third-order valence-electron chi connectivity index (χ3n) is 6.03. The van der Waals surface area contributed by atoms with Crippen LogP contribution in [-0.4, -0.2) is 43.7 Å². The second-order valence-corrected chi connectivity index (χ2v) is 8.10. The summed E-state index contributed by atoms with van der Waals surface area (Å²) < 4.78 is 1.61. The van der Waals surface area contributed by atoms with E-state index in [1.54, 1.807) is 11.0 Å². The van der Waals surface area contributed by atoms with Crippen molar-refractivity contribution in [2.75, 3.05) is 18.0 Å². The van der Waals surface area contributed by atoms with Crippen LogP contribution in [0.15, 0.2) is 85.7 Å². The molecular weight excluding hydrogens is 414 g/mol. The SMILES string of the molecule is O=C(NC(c1ccccc1)c1ccccc1)C1CCN(c2cc(-n3cncn3)ncn2)CC1. The van der Waals surface area contributed by atoms with E-state index in [4.69, 9.17) is 0 Å². The molecule has 8 heteroatoms. The van der Waals surface area contributed by atoms with E-state index in [1.807, 2.05) is 42.5 Å². The first-order valence-electron chi connectivity index (χ1n) is 11.1. The number of carbonyl (C=O) groups is 1. The molecule has 1 saturated heterocycles. The summed E-state index contributed by atoms with van der Waals surface area (Å²) in [7, 11) is 0. The van der Waals surface area contributed by atoms with E-state index in [1.165, 1.54) is 12.7 Å². The van der Waals surface area contributed by atoms with Crippen molar-refractivity contribution in [1.82, 2.24) is 30.0 Å². The van der Waals surface area contributed by atoms with Crippen LogP contribution in [0.5, 0.6) is 0 Å². The first kappa shape index (κ1) is 20.8. The number of anilines is 1. The van der Waals surface area contributed by atoms with E-state index >= 15 is 0 Å². The number of nitrogens with zero attached hydrogens (tertiary/aromatic N) is 6. The molecule has 0 bridgehead atoms. The van der Waals surface area contributed by atoms with Crippen molar-refractivity contribution in [3.8, 4) is 5.82 Å². The number of amides is 1. The summed E-state index contributed by atoms with van der Waals surface area (Å²) in [5.41, 5.74) is 2.16. The second kappa shape index (κ2) is 9.60. The molecule has 0 atom stereocenters. The molecule has 1 fully saturated rings. The Hall–Kier alpha value is -4.07. The summed E-state index contributed by atoms with van der Waals surface area (Å²) in [4.78, 5) is 28.1. The second-order valence-electron chi connectivity index (χ2n) is 8.10. The average Bonchev–Trinajstić information content (AvgIpc) is 3.44. The highest BCUT2D eigenvalue weighted by atomic mass is 16.2. The third-order valence-corrected chi connectivity index (χ3v) is 6.03. The first-order chi connectivity index (χ1) is 16.3. The largest absolute Gasteiger partial charge is 0.356 e. The Morgan fingerprint density at radius 1 is 0.879 bits per heavy atom. The molecule has 0 spiro atoms. The van der Waals surface area contributed by atoms with Crippen LogP contribution in [0, 0.1) is 5.92 Å². The lowest BCUT2D eigenvalue weighted by Crippen LogP contribution is -2.42. The molecule has 0 unspecified atom stereocenters. The highest BCUT2D eigenvalue weighted by Gasteiger charge is 2.28. The highest BCUT2D eigenvalue weighted by molar-refractivity contribution is 5.80. The maximum absolute atomic E-state index is 13.2. The zero-order valence-corrected chi connectivity index (χ0v) is 18.2. The van der Waals surface area contributed by atoms with E-state index in [2.05, 4.69) is 54.5 Å². The number of aromatic nitrogens is 5. The molecule has 0 saturated carbocycles. The predicted octanol–water partition coefficient (Wildman–Crippen LogP) is 3.18. The van der Waals surface area contributed by atoms with Gasteiger partial charge in [0.15, 0.2) is 5.82 Å². The summed E-state index contributed by atoms with van der Waals surface area (Å²) >= 11 is 0. The fourth-order valence-electron chi connectivity index (χ4n) is 4.24. The Morgan fingerprint density at radius 3 is 2.12 bits per heavy atom. The Balaban J connectivity index is 1.25. The van der Waals surface area contributed by atoms with Gasteiger partial charge in [-0.3, -0.25) is 4.79 Å². The molecule has 0 aliphatic carbocycles. The van der Waals surface area contributed by atoms with Gasteiger partial charge in [0.2, 0.25) is 5.91 Å². The van der Waals surface area contributed by atoms with Crippen LogP contribution < -0.4 is 10.2 Å². The average molecular weight is 440 g/mol. The van der Waals surface area contributed by atoms with Gasteiger partial charge in [-0.15, -0.1) is 0 Å². The van der Waals surface area contributed by atoms with Gasteiger partial charge >= 0.3 is 0 Å². The number of piperidine rings is 1. The fourth-order valence-corrected chi connectivity index (χ4v) is 4.24. The quantitative estimate of drug-likeness (QED) is 0.496. The third kappa shape index (κ3) is 4.74. The van der Waals surface area contributed by atoms with Crippen LogP contribution in [0.2, 0.25) is 0 Å². The highest BCUT2D eigenvalue weighted by Crippen LogP contribution is 2.26. The zero-order chi connectivity index (χ0) is 22.5. The molecule has 1 aliphatic heterocycles. The van der Waals surface area contributed by atoms with Gasteiger partial charge in [0.05, 0.1) is 6.04 Å². The predicted molar refractivity (Wildman–Crippen MR) is 125 cm³/mol. The summed E-state index contributed by atoms with van der Waals surface area (Å²) in [5, 5.41) is 7.43. The van der Waals surface area contributed by atoms with Crippen LogP contribution in [0.25, 0.3) is 5.82 Å². The minimum Gasteiger partial charge on any atom is -0.356 e. The Morgan fingerprint density at radius 2 is 1.52 bits per heavy atom. The van der Waals surface area contributed by atoms with Gasteiger partial charge in [-0.05, 0) is 24.0 Å². The first-order valence-corrected chi connectivity index (χ1v) is 11.1. The monoisotopic (exact) mass is 439 g/mol. The van der Waals surface area contributed by atoms with Gasteiger partial charge in [-0.25, -0.2) is 19.6 Å². The number of carbonyl (C=O) groups excluding carboxylic acids is 1. The molecule has 1 amide bonds. The topological polar surface area (TPSA) is 88.8 Å². The molecule has 3 heterocycles. The van der Waals surface area contributed by atoms with Crippen LogP contribution in [0.1, 0.15) is 30.0 Å². The summed E-state index contributed by atoms with van der Waals surface area (Å²) in [6, 6.07) is 22.0. The Bertz CT molecular complexity index is 1130. The molecule has 0 radical (unpaired) electrons. The number of benzene rings is 2. The van der Waals surface area contributed by atoms with Crippen LogP contribution in [0.3, 0.4) is 0 Å². The molecule has 166 valence electrons. The summed E-state index contributed by atoms with van der Waals surface area (Å²) in [5.74, 6) is 1.57. The van der Waals surface area contributed by atoms with E-state index in [-0.39, 0.29) is 17.9 Å². The maximum Gasteiger partial charge on any atom is 0.223 e. The van der Waals surface area contributed by atoms with Crippen molar-refractivity contribution >= 4 is 11.7 Å². The van der Waals surface area contributed by atoms with Crippen molar-refractivity contribution in [2.45, 2.75) is 18.9 Å². The normalized spacial score (nSPS) is 14.4. The number of rotatable bonds is 6. The van der Waals surface area contributed by atoms with Gasteiger partial charge in [0.1, 0.15) is 24.8 Å². The lowest BCUT2D eigenvalue weighted by atomic mass is 9.93. The van der Waals surface area contributed by atoms with Crippen molar-refractivity contribution in [3.63, 3.8) is 0 Å². The standard InChI is InChI=1S/C25H25N7O/c33-25(30-24(19-7-3-1-4-8-19)20-9-5-2-6-10-20)21-11-13-31(14-12-21)22-15-23(28-17-27-22)32-18-26-16-29-32/h1-10,15-18,21,24H,11-14H2,(H,30,33). The van der Waals surface area contributed by atoms with E-state index in [0.29, 0.717) is 5.82 Å². The fraction of sp³-hybridized carbons (Fsp3) is 0.240. The van der Waals surface area contributed by atoms with Gasteiger partial charge in [-0.2, -0.15) is 5.10 Å². The molecule has 2 aromatic carbocycles. The van der Waals surface area contributed by atoms with E-state index < -0.39 is 0 Å². The van der Waals surface area contributed by atoms with Crippen molar-refractivity contribution in [2.24, 2.45) is 5.92 Å². The number of nitrogens with one attached hydrogen (secondary N) is 1. The number of hydrogen-bond acceptors (Lipinski definition) is 6. The summed E-state index contributed by atoms with van der Waals surface area (Å²) in [6.45, 7) is 1.51. The van der Waals surface area contributed by atoms with Gasteiger partial charge in [0.25, 0.3) is 0 Å². The smallest absolute Gasteiger partial charge is 0.223 e. The lowest BCUT2D eigenvalue weighted by molar-refractivity contribution is -0.126. The molecule has 8 nitrogen and oxygen atoms in total. The van der Waals surface area contributed by atoms with Crippen LogP contribution in [0.4, 0.5) is 5.82 Å². The van der Waals surface area contributed by atoms with E-state index in [9.17, 15) is 4.79 Å². The van der Waals surface area contributed by atoms with Crippen molar-refractivity contribution in [3.05, 3.63) is 96.8 Å². The maximum atomic E-state index is 13.2. The molecule has 4 aromatic rings. The molecule has 1 N–H and O–H groups in total. The molecular formula is C25H25N7O. The lowest BCUT2D eigenvalue weighted by Gasteiger charge is -2.33. The van der Waals surface area contributed by atoms with Crippen molar-refractivity contribution in [1.29, 1.82) is 0 Å². The molecule has 33 heavy (non-hydrogen) atoms. The Kier molecular flexibility index (Phi) is 6.06. The minimum absolute atomic E-state index is 0.0344. The van der Waals surface area contributed by atoms with Gasteiger partial charge in [0, 0.05) is 25.1 Å². The molecule has 1 aliphatic rings. The summed E-state index contributed by atoms with van der Waals surface area (Å²) in [6.07, 6.45) is 6.16. The zero-order valence-electron chi connectivity index (χ0n) is 18.2. The van der Waals surface area contributed by atoms with Crippen LogP contribution in [-0.2, 0) is 4.79 Å². The van der Waals surface area contributed by atoms with Gasteiger partial charge in [-0.1, -0.05) is 60.7 Å². The minimum atomic E-state index is -0.162. The van der Waals surface area contributed by atoms with Gasteiger partial charge < -0.3 is 10.2 Å². The molecule has 2 aromatic heterocycles. The van der Waals surface area contributed by atoms with Crippen molar-refractivity contribution < 1.29 is 4.79 Å². The molecule has 5 rings (SSSR count). The van der Waals surface area contributed by atoms with E-state index in [0.717, 1.165) is 42.9 Å².